The fourth-order valence-electron chi connectivity index (χ4n) is 2.10. The van der Waals surface area contributed by atoms with Crippen LogP contribution in [0.2, 0.25) is 5.02 Å². The molecule has 0 atom stereocenters. The highest BCUT2D eigenvalue weighted by Gasteiger charge is 2.13. The van der Waals surface area contributed by atoms with Gasteiger partial charge in [0, 0.05) is 6.20 Å². The van der Waals surface area contributed by atoms with Crippen LogP contribution >= 0.6 is 11.6 Å². The number of hydrazine groups is 2. The molecule has 3 rings (SSSR count). The second-order valence-corrected chi connectivity index (χ2v) is 5.74. The van der Waals surface area contributed by atoms with E-state index in [1.807, 2.05) is 0 Å². The van der Waals surface area contributed by atoms with Gasteiger partial charge in [-0.15, -0.1) is 0 Å². The Hall–Kier alpha value is -3.92. The van der Waals surface area contributed by atoms with Crippen molar-refractivity contribution in [3.05, 3.63) is 71.3 Å². The average molecular weight is 399 g/mol. The standard InChI is InChI=1S/C17H15ClN8O2/c18-11-6-2-1-5-10(11)16(27)25-23-14-13(19)15(22-9-21-14)24-26-17(28)12-7-3-4-8-20-12/h1-9H,19H2,(H,25,27)(H,26,28)(H2,21,22,23,24). The van der Waals surface area contributed by atoms with Crippen LogP contribution in [0.15, 0.2) is 55.0 Å². The molecular weight excluding hydrogens is 384 g/mol. The summed E-state index contributed by atoms with van der Waals surface area (Å²) in [4.78, 5) is 36.0. The van der Waals surface area contributed by atoms with Crippen molar-refractivity contribution >= 4 is 40.7 Å². The molecule has 142 valence electrons. The number of carbonyl (C=O) groups excluding carboxylic acids is 2. The maximum atomic E-state index is 12.2. The number of anilines is 3. The van der Waals surface area contributed by atoms with Crippen molar-refractivity contribution in [2.24, 2.45) is 0 Å². The SMILES string of the molecule is Nc1c(NNC(=O)c2ccccn2)ncnc1NNC(=O)c1ccccc1Cl. The highest BCUT2D eigenvalue weighted by molar-refractivity contribution is 6.33. The average Bonchev–Trinajstić information content (AvgIpc) is 2.72. The van der Waals surface area contributed by atoms with Gasteiger partial charge in [0.25, 0.3) is 11.8 Å². The lowest BCUT2D eigenvalue weighted by Crippen LogP contribution is -2.32. The van der Waals surface area contributed by atoms with Crippen LogP contribution in [0.25, 0.3) is 0 Å². The molecule has 0 fully saturated rings. The fraction of sp³-hybridized carbons (Fsp3) is 0. The van der Waals surface area contributed by atoms with Crippen molar-refractivity contribution < 1.29 is 9.59 Å². The van der Waals surface area contributed by atoms with E-state index in [1.54, 1.807) is 42.5 Å². The predicted molar refractivity (Wildman–Crippen MR) is 104 cm³/mol. The van der Waals surface area contributed by atoms with Gasteiger partial charge in [-0.3, -0.25) is 36.3 Å². The number of halogens is 1. The smallest absolute Gasteiger partial charge is 0.288 e. The fourth-order valence-corrected chi connectivity index (χ4v) is 2.32. The summed E-state index contributed by atoms with van der Waals surface area (Å²) in [5.74, 6) is -0.680. The number of aromatic nitrogens is 3. The summed E-state index contributed by atoms with van der Waals surface area (Å²) in [5.41, 5.74) is 16.6. The summed E-state index contributed by atoms with van der Waals surface area (Å²) < 4.78 is 0. The summed E-state index contributed by atoms with van der Waals surface area (Å²) >= 11 is 5.98. The van der Waals surface area contributed by atoms with Gasteiger partial charge in [0.05, 0.1) is 10.6 Å². The van der Waals surface area contributed by atoms with E-state index in [9.17, 15) is 9.59 Å². The maximum absolute atomic E-state index is 12.2. The third-order valence-electron chi connectivity index (χ3n) is 3.49. The molecule has 28 heavy (non-hydrogen) atoms. The molecular formula is C17H15ClN8O2. The molecule has 2 aromatic heterocycles. The first-order chi connectivity index (χ1) is 13.6. The lowest BCUT2D eigenvalue weighted by atomic mass is 10.2. The molecule has 0 aliphatic carbocycles. The van der Waals surface area contributed by atoms with Crippen molar-refractivity contribution in [3.8, 4) is 0 Å². The minimum Gasteiger partial charge on any atom is -0.393 e. The van der Waals surface area contributed by atoms with E-state index >= 15 is 0 Å². The van der Waals surface area contributed by atoms with E-state index in [-0.39, 0.29) is 28.6 Å². The Morgan fingerprint density at radius 2 is 1.50 bits per heavy atom. The molecule has 6 N–H and O–H groups in total. The number of pyridine rings is 1. The first-order valence-corrected chi connectivity index (χ1v) is 8.33. The zero-order chi connectivity index (χ0) is 19.9. The largest absolute Gasteiger partial charge is 0.393 e. The molecule has 11 heteroatoms. The Morgan fingerprint density at radius 3 is 2.14 bits per heavy atom. The maximum Gasteiger partial charge on any atom is 0.288 e. The molecule has 0 unspecified atom stereocenters. The number of hydrogen-bond acceptors (Lipinski definition) is 8. The summed E-state index contributed by atoms with van der Waals surface area (Å²) in [6.45, 7) is 0. The number of benzene rings is 1. The molecule has 2 amide bonds. The number of rotatable bonds is 6. The minimum absolute atomic E-state index is 0.0725. The second-order valence-electron chi connectivity index (χ2n) is 5.34. The third kappa shape index (κ3) is 4.43. The monoisotopic (exact) mass is 398 g/mol. The van der Waals surface area contributed by atoms with E-state index in [1.165, 1.54) is 12.5 Å². The number of nitrogen functional groups attached to an aromatic ring is 1. The number of nitrogens with one attached hydrogen (secondary N) is 4. The minimum atomic E-state index is -0.472. The van der Waals surface area contributed by atoms with E-state index < -0.39 is 11.8 Å². The van der Waals surface area contributed by atoms with Gasteiger partial charge in [-0.1, -0.05) is 29.8 Å². The first-order valence-electron chi connectivity index (χ1n) is 7.95. The van der Waals surface area contributed by atoms with E-state index in [0.29, 0.717) is 5.02 Å². The summed E-state index contributed by atoms with van der Waals surface area (Å²) in [6.07, 6.45) is 2.70. The highest BCUT2D eigenvalue weighted by Crippen LogP contribution is 2.21. The first kappa shape index (κ1) is 18.9. The molecule has 0 aliphatic heterocycles. The van der Waals surface area contributed by atoms with Crippen LogP contribution in [0.5, 0.6) is 0 Å². The Balaban J connectivity index is 1.63. The van der Waals surface area contributed by atoms with E-state index in [2.05, 4.69) is 36.7 Å². The van der Waals surface area contributed by atoms with Crippen LogP contribution in [0, 0.1) is 0 Å². The van der Waals surface area contributed by atoms with Crippen molar-refractivity contribution in [1.29, 1.82) is 0 Å². The van der Waals surface area contributed by atoms with Gasteiger partial charge in [-0.25, -0.2) is 9.97 Å². The molecule has 0 aliphatic rings. The number of hydrogen-bond donors (Lipinski definition) is 5. The highest BCUT2D eigenvalue weighted by atomic mass is 35.5. The van der Waals surface area contributed by atoms with Gasteiger partial charge >= 0.3 is 0 Å². The van der Waals surface area contributed by atoms with Gasteiger partial charge in [0.1, 0.15) is 17.7 Å². The van der Waals surface area contributed by atoms with Crippen LogP contribution in [0.4, 0.5) is 17.3 Å². The molecule has 10 nitrogen and oxygen atoms in total. The van der Waals surface area contributed by atoms with E-state index in [4.69, 9.17) is 17.3 Å². The molecule has 1 aromatic carbocycles. The van der Waals surface area contributed by atoms with Gasteiger partial charge in [0.2, 0.25) is 0 Å². The van der Waals surface area contributed by atoms with Crippen molar-refractivity contribution in [1.82, 2.24) is 25.8 Å². The van der Waals surface area contributed by atoms with Gasteiger partial charge in [0.15, 0.2) is 11.6 Å². The number of amides is 2. The molecule has 0 saturated heterocycles. The van der Waals surface area contributed by atoms with Crippen LogP contribution in [0.1, 0.15) is 20.8 Å². The van der Waals surface area contributed by atoms with Gasteiger partial charge < -0.3 is 5.73 Å². The topological polar surface area (TPSA) is 147 Å². The zero-order valence-corrected chi connectivity index (χ0v) is 15.1. The second kappa shape index (κ2) is 8.64. The lowest BCUT2D eigenvalue weighted by Gasteiger charge is -2.13. The Morgan fingerprint density at radius 1 is 0.857 bits per heavy atom. The molecule has 2 heterocycles. The van der Waals surface area contributed by atoms with Crippen molar-refractivity contribution in [2.75, 3.05) is 16.6 Å². The summed E-state index contributed by atoms with van der Waals surface area (Å²) in [7, 11) is 0. The van der Waals surface area contributed by atoms with Crippen LogP contribution in [-0.4, -0.2) is 26.8 Å². The molecule has 3 aromatic rings. The van der Waals surface area contributed by atoms with Crippen molar-refractivity contribution in [3.63, 3.8) is 0 Å². The zero-order valence-electron chi connectivity index (χ0n) is 14.3. The van der Waals surface area contributed by atoms with Crippen LogP contribution in [-0.2, 0) is 0 Å². The van der Waals surface area contributed by atoms with Gasteiger partial charge in [-0.05, 0) is 24.3 Å². The lowest BCUT2D eigenvalue weighted by molar-refractivity contribution is 0.0952. The van der Waals surface area contributed by atoms with Gasteiger partial charge in [-0.2, -0.15) is 0 Å². The normalized spacial score (nSPS) is 10.0. The Kier molecular flexibility index (Phi) is 5.82. The Bertz CT molecular complexity index is 999. The number of carbonyl (C=O) groups is 2. The summed E-state index contributed by atoms with van der Waals surface area (Å²) in [5, 5.41) is 0.303. The molecule has 0 bridgehead atoms. The van der Waals surface area contributed by atoms with Crippen molar-refractivity contribution in [2.45, 2.75) is 0 Å². The third-order valence-corrected chi connectivity index (χ3v) is 3.82. The number of nitrogens with zero attached hydrogens (tertiary/aromatic N) is 3. The quantitative estimate of drug-likeness (QED) is 0.393. The molecule has 0 radical (unpaired) electrons. The van der Waals surface area contributed by atoms with Crippen LogP contribution < -0.4 is 27.4 Å². The van der Waals surface area contributed by atoms with E-state index in [0.717, 1.165) is 0 Å². The Labute approximate surface area is 164 Å². The molecule has 0 saturated carbocycles. The predicted octanol–water partition coefficient (Wildman–Crippen LogP) is 1.62. The number of nitrogens with two attached hydrogens (primary N) is 1. The molecule has 0 spiro atoms. The van der Waals surface area contributed by atoms with Crippen LogP contribution in [0.3, 0.4) is 0 Å². The summed E-state index contributed by atoms with van der Waals surface area (Å²) in [6, 6.07) is 11.5.